The molecule has 1 saturated heterocycles. The third-order valence-corrected chi connectivity index (χ3v) is 3.69. The molecule has 1 fully saturated rings. The number of nitrogens with zero attached hydrogens (tertiary/aromatic N) is 2. The van der Waals surface area contributed by atoms with E-state index < -0.39 is 10.5 Å². The van der Waals surface area contributed by atoms with Crippen molar-refractivity contribution in [3.05, 3.63) is 57.2 Å². The van der Waals surface area contributed by atoms with Gasteiger partial charge in [-0.25, -0.2) is 4.98 Å². The lowest BCUT2D eigenvalue weighted by atomic mass is 9.89. The third-order valence-electron chi connectivity index (χ3n) is 3.48. The highest BCUT2D eigenvalue weighted by Crippen LogP contribution is 2.30. The molecule has 0 amide bonds. The Balaban J connectivity index is 0.00000192. The molecule has 0 unspecified atom stereocenters. The van der Waals surface area contributed by atoms with Crippen LogP contribution in [0, 0.1) is 10.1 Å². The lowest BCUT2D eigenvalue weighted by Crippen LogP contribution is -2.54. The van der Waals surface area contributed by atoms with E-state index in [9.17, 15) is 10.1 Å². The van der Waals surface area contributed by atoms with E-state index >= 15 is 0 Å². The molecule has 9 heteroatoms. The molecule has 2 aromatic rings. The minimum atomic E-state index is -0.513. The van der Waals surface area contributed by atoms with Crippen LogP contribution in [-0.2, 0) is 10.3 Å². The number of benzene rings is 1. The summed E-state index contributed by atoms with van der Waals surface area (Å²) in [4.78, 5) is 14.5. The number of hydrogen-bond donors (Lipinski definition) is 2. The standard InChI is InChI=1S/C14H13ClN4O3.ClH/c15-12-6-5-11(19(20)21)13(18-12)17-10-3-1-9(2-4-10)14(16)7-22-8-14;/h1-6H,7-8,16H2,(H,17,18);1H. The van der Waals surface area contributed by atoms with Gasteiger partial charge in [0.05, 0.1) is 23.7 Å². The first-order valence-electron chi connectivity index (χ1n) is 6.53. The fourth-order valence-corrected chi connectivity index (χ4v) is 2.33. The molecule has 1 aliphatic rings. The van der Waals surface area contributed by atoms with Crippen molar-refractivity contribution in [1.29, 1.82) is 0 Å². The zero-order valence-electron chi connectivity index (χ0n) is 11.9. The first-order chi connectivity index (χ1) is 10.5. The average Bonchev–Trinajstić information content (AvgIpc) is 2.45. The SMILES string of the molecule is Cl.NC1(c2ccc(Nc3nc(Cl)ccc3[N+](=O)[O-])cc2)COC1. The second-order valence-corrected chi connectivity index (χ2v) is 5.50. The number of aromatic nitrogens is 1. The molecule has 0 atom stereocenters. The minimum Gasteiger partial charge on any atom is -0.377 e. The summed E-state index contributed by atoms with van der Waals surface area (Å²) in [6.45, 7) is 0.974. The van der Waals surface area contributed by atoms with Gasteiger partial charge in [0.2, 0.25) is 5.82 Å². The Labute approximate surface area is 143 Å². The van der Waals surface area contributed by atoms with E-state index in [0.29, 0.717) is 18.9 Å². The van der Waals surface area contributed by atoms with Crippen molar-refractivity contribution in [2.75, 3.05) is 18.5 Å². The Bertz CT molecular complexity index is 720. The Kier molecular flexibility index (Phi) is 5.06. The van der Waals surface area contributed by atoms with E-state index in [1.54, 1.807) is 12.1 Å². The maximum absolute atomic E-state index is 11.0. The first-order valence-corrected chi connectivity index (χ1v) is 6.91. The summed E-state index contributed by atoms with van der Waals surface area (Å²) in [5.41, 5.74) is 7.17. The number of pyridine rings is 1. The largest absolute Gasteiger partial charge is 0.377 e. The minimum absolute atomic E-state index is 0. The van der Waals surface area contributed by atoms with E-state index in [1.165, 1.54) is 12.1 Å². The molecular formula is C14H14Cl2N4O3. The van der Waals surface area contributed by atoms with Crippen molar-refractivity contribution in [3.63, 3.8) is 0 Å². The molecule has 0 aliphatic carbocycles. The molecule has 1 aromatic carbocycles. The van der Waals surface area contributed by atoms with Crippen molar-refractivity contribution in [3.8, 4) is 0 Å². The van der Waals surface area contributed by atoms with Gasteiger partial charge in [-0.1, -0.05) is 23.7 Å². The van der Waals surface area contributed by atoms with Crippen LogP contribution in [0.25, 0.3) is 0 Å². The van der Waals surface area contributed by atoms with E-state index in [0.717, 1.165) is 5.56 Å². The van der Waals surface area contributed by atoms with Gasteiger partial charge < -0.3 is 15.8 Å². The van der Waals surface area contributed by atoms with Crippen molar-refractivity contribution in [2.45, 2.75) is 5.54 Å². The summed E-state index contributed by atoms with van der Waals surface area (Å²) < 4.78 is 5.13. The number of anilines is 2. The van der Waals surface area contributed by atoms with Gasteiger partial charge in [-0.05, 0) is 23.8 Å². The van der Waals surface area contributed by atoms with Crippen molar-refractivity contribution < 1.29 is 9.66 Å². The smallest absolute Gasteiger partial charge is 0.311 e. The normalized spacial score (nSPS) is 15.2. The number of nitrogens with one attached hydrogen (secondary N) is 1. The molecule has 7 nitrogen and oxygen atoms in total. The molecule has 23 heavy (non-hydrogen) atoms. The quantitative estimate of drug-likeness (QED) is 0.495. The third kappa shape index (κ3) is 3.53. The number of ether oxygens (including phenoxy) is 1. The molecular weight excluding hydrogens is 343 g/mol. The van der Waals surface area contributed by atoms with E-state index in [4.69, 9.17) is 22.1 Å². The summed E-state index contributed by atoms with van der Waals surface area (Å²) in [5, 5.41) is 14.1. The van der Waals surface area contributed by atoms with Gasteiger partial charge in [0, 0.05) is 11.8 Å². The van der Waals surface area contributed by atoms with Gasteiger partial charge in [-0.2, -0.15) is 0 Å². The highest BCUT2D eigenvalue weighted by molar-refractivity contribution is 6.29. The Morgan fingerprint density at radius 3 is 2.43 bits per heavy atom. The molecule has 122 valence electrons. The molecule has 1 aliphatic heterocycles. The Morgan fingerprint density at radius 1 is 1.26 bits per heavy atom. The van der Waals surface area contributed by atoms with Gasteiger partial charge in [0.1, 0.15) is 5.15 Å². The summed E-state index contributed by atoms with van der Waals surface area (Å²) in [7, 11) is 0. The van der Waals surface area contributed by atoms with Crippen LogP contribution in [0.4, 0.5) is 17.2 Å². The Morgan fingerprint density at radius 2 is 1.91 bits per heavy atom. The van der Waals surface area contributed by atoms with E-state index in [-0.39, 0.29) is 29.1 Å². The van der Waals surface area contributed by atoms with Crippen LogP contribution in [0.2, 0.25) is 5.15 Å². The molecule has 3 N–H and O–H groups in total. The van der Waals surface area contributed by atoms with Crippen LogP contribution in [0.5, 0.6) is 0 Å². The molecule has 0 radical (unpaired) electrons. The maximum Gasteiger partial charge on any atom is 0.311 e. The molecule has 0 saturated carbocycles. The fourth-order valence-electron chi connectivity index (χ4n) is 2.18. The number of rotatable bonds is 4. The van der Waals surface area contributed by atoms with Gasteiger partial charge in [-0.3, -0.25) is 10.1 Å². The van der Waals surface area contributed by atoms with Gasteiger partial charge in [0.25, 0.3) is 0 Å². The van der Waals surface area contributed by atoms with Crippen LogP contribution in [-0.4, -0.2) is 23.1 Å². The number of halogens is 2. The molecule has 1 aromatic heterocycles. The van der Waals surface area contributed by atoms with Crippen LogP contribution < -0.4 is 11.1 Å². The van der Waals surface area contributed by atoms with Gasteiger partial charge in [-0.15, -0.1) is 12.4 Å². The van der Waals surface area contributed by atoms with Crippen LogP contribution in [0.15, 0.2) is 36.4 Å². The molecule has 2 heterocycles. The van der Waals surface area contributed by atoms with E-state index in [1.807, 2.05) is 12.1 Å². The summed E-state index contributed by atoms with van der Waals surface area (Å²) in [5.74, 6) is 0.0969. The molecule has 0 spiro atoms. The topological polar surface area (TPSA) is 103 Å². The highest BCUT2D eigenvalue weighted by atomic mass is 35.5. The first kappa shape index (κ1) is 17.4. The molecule has 0 bridgehead atoms. The predicted octanol–water partition coefficient (Wildman–Crippen LogP) is 2.99. The summed E-state index contributed by atoms with van der Waals surface area (Å²) >= 11 is 5.80. The number of nitro groups is 1. The van der Waals surface area contributed by atoms with Gasteiger partial charge >= 0.3 is 5.69 Å². The lowest BCUT2D eigenvalue weighted by Gasteiger charge is -2.38. The van der Waals surface area contributed by atoms with Crippen molar-refractivity contribution in [2.24, 2.45) is 5.73 Å². The zero-order chi connectivity index (χ0) is 15.7. The fraction of sp³-hybridized carbons (Fsp3) is 0.214. The molecule has 3 rings (SSSR count). The second kappa shape index (κ2) is 6.67. The monoisotopic (exact) mass is 356 g/mol. The van der Waals surface area contributed by atoms with Crippen LogP contribution in [0.3, 0.4) is 0 Å². The second-order valence-electron chi connectivity index (χ2n) is 5.11. The lowest BCUT2D eigenvalue weighted by molar-refractivity contribution is -0.384. The van der Waals surface area contributed by atoms with Crippen LogP contribution in [0.1, 0.15) is 5.56 Å². The van der Waals surface area contributed by atoms with Crippen molar-refractivity contribution in [1.82, 2.24) is 4.98 Å². The number of hydrogen-bond acceptors (Lipinski definition) is 6. The number of nitrogens with two attached hydrogens (primary N) is 1. The summed E-state index contributed by atoms with van der Waals surface area (Å²) in [6.07, 6.45) is 0. The van der Waals surface area contributed by atoms with Crippen molar-refractivity contribution >= 4 is 41.2 Å². The predicted molar refractivity (Wildman–Crippen MR) is 89.6 cm³/mol. The zero-order valence-corrected chi connectivity index (χ0v) is 13.4. The summed E-state index contributed by atoms with van der Waals surface area (Å²) in [6, 6.07) is 9.99. The maximum atomic E-state index is 11.0. The highest BCUT2D eigenvalue weighted by Gasteiger charge is 2.35. The van der Waals surface area contributed by atoms with Gasteiger partial charge in [0.15, 0.2) is 0 Å². The Hall–Kier alpha value is -1.93. The van der Waals surface area contributed by atoms with Crippen LogP contribution >= 0.6 is 24.0 Å². The van der Waals surface area contributed by atoms with E-state index in [2.05, 4.69) is 10.3 Å². The average molecular weight is 357 g/mol.